The summed E-state index contributed by atoms with van der Waals surface area (Å²) in [5.74, 6) is -0.431. The van der Waals surface area contributed by atoms with Crippen LogP contribution >= 0.6 is 11.6 Å². The molecule has 0 radical (unpaired) electrons. The predicted octanol–water partition coefficient (Wildman–Crippen LogP) is 0.926. The Morgan fingerprint density at radius 3 is 2.80 bits per heavy atom. The van der Waals surface area contributed by atoms with Crippen LogP contribution in [-0.4, -0.2) is 49.6 Å². The number of hydrogen-bond acceptors (Lipinski definition) is 6. The Morgan fingerprint density at radius 1 is 1.50 bits per heavy atom. The van der Waals surface area contributed by atoms with Gasteiger partial charge >= 0.3 is 5.69 Å². The van der Waals surface area contributed by atoms with Gasteiger partial charge < -0.3 is 4.90 Å². The second kappa shape index (κ2) is 5.21. The number of amides is 1. The van der Waals surface area contributed by atoms with E-state index in [1.807, 2.05) is 0 Å². The van der Waals surface area contributed by atoms with Crippen LogP contribution in [-0.2, 0) is 0 Å². The maximum absolute atomic E-state index is 11.7. The van der Waals surface area contributed by atoms with Gasteiger partial charge in [0.1, 0.15) is 6.20 Å². The molecule has 2 aromatic heterocycles. The Bertz CT molecular complexity index is 683. The van der Waals surface area contributed by atoms with Gasteiger partial charge in [0.2, 0.25) is 11.1 Å². The van der Waals surface area contributed by atoms with Crippen molar-refractivity contribution < 1.29 is 9.72 Å². The molecule has 104 valence electrons. The third-order valence-electron chi connectivity index (χ3n) is 2.35. The summed E-state index contributed by atoms with van der Waals surface area (Å²) in [4.78, 5) is 30.7. The molecule has 2 aromatic rings. The van der Waals surface area contributed by atoms with E-state index in [2.05, 4.69) is 15.1 Å². The number of carbonyl (C=O) groups excluding carboxylic acids is 1. The van der Waals surface area contributed by atoms with E-state index in [0.717, 1.165) is 10.9 Å². The van der Waals surface area contributed by atoms with E-state index in [-0.39, 0.29) is 28.4 Å². The fourth-order valence-corrected chi connectivity index (χ4v) is 1.56. The second-order valence-corrected chi connectivity index (χ2v) is 4.29. The van der Waals surface area contributed by atoms with Crippen LogP contribution in [0.1, 0.15) is 10.5 Å². The van der Waals surface area contributed by atoms with E-state index >= 15 is 0 Å². The van der Waals surface area contributed by atoms with Crippen molar-refractivity contribution in [2.24, 2.45) is 0 Å². The molecule has 1 amide bonds. The number of rotatable bonds is 3. The molecule has 0 bridgehead atoms. The van der Waals surface area contributed by atoms with Crippen molar-refractivity contribution in [1.29, 1.82) is 0 Å². The molecule has 0 aliphatic rings. The highest BCUT2D eigenvalue weighted by Crippen LogP contribution is 2.20. The molecule has 2 rings (SSSR count). The lowest BCUT2D eigenvalue weighted by Crippen LogP contribution is -2.22. The number of nitro groups is 1. The molecule has 9 nitrogen and oxygen atoms in total. The van der Waals surface area contributed by atoms with Gasteiger partial charge in [0, 0.05) is 20.3 Å². The molecule has 0 atom stereocenters. The van der Waals surface area contributed by atoms with Gasteiger partial charge in [-0.25, -0.2) is 9.67 Å². The highest BCUT2D eigenvalue weighted by Gasteiger charge is 2.21. The van der Waals surface area contributed by atoms with Crippen molar-refractivity contribution >= 4 is 23.2 Å². The summed E-state index contributed by atoms with van der Waals surface area (Å²) in [5, 5.41) is 14.7. The number of hydrogen-bond donors (Lipinski definition) is 0. The van der Waals surface area contributed by atoms with E-state index in [4.69, 9.17) is 11.6 Å². The molecule has 0 aliphatic carbocycles. The first-order valence-electron chi connectivity index (χ1n) is 5.35. The summed E-state index contributed by atoms with van der Waals surface area (Å²) in [6.07, 6.45) is 2.38. The Balaban J connectivity index is 2.50. The van der Waals surface area contributed by atoms with Crippen molar-refractivity contribution in [3.8, 4) is 5.82 Å². The standard InChI is InChI=1S/C10H9ClN6O3/c1-15(2)9(18)6-3-4-16(14-6)8-7(17(19)20)5-12-10(11)13-8/h3-5H,1-2H3. The monoisotopic (exact) mass is 296 g/mol. The van der Waals surface area contributed by atoms with E-state index in [1.54, 1.807) is 14.1 Å². The van der Waals surface area contributed by atoms with Gasteiger partial charge in [0.25, 0.3) is 5.91 Å². The summed E-state index contributed by atoms with van der Waals surface area (Å²) in [5.41, 5.74) is -0.222. The molecule has 0 fully saturated rings. The van der Waals surface area contributed by atoms with E-state index in [1.165, 1.54) is 17.2 Å². The van der Waals surface area contributed by atoms with Crippen LogP contribution in [0.3, 0.4) is 0 Å². The lowest BCUT2D eigenvalue weighted by molar-refractivity contribution is -0.385. The quantitative estimate of drug-likeness (QED) is 0.473. The van der Waals surface area contributed by atoms with Crippen LogP contribution < -0.4 is 0 Å². The summed E-state index contributed by atoms with van der Waals surface area (Å²) >= 11 is 5.63. The van der Waals surface area contributed by atoms with Crippen molar-refractivity contribution in [3.63, 3.8) is 0 Å². The Kier molecular flexibility index (Phi) is 3.61. The number of halogens is 1. The first-order valence-corrected chi connectivity index (χ1v) is 5.72. The van der Waals surface area contributed by atoms with Crippen molar-refractivity contribution in [2.75, 3.05) is 14.1 Å². The van der Waals surface area contributed by atoms with Gasteiger partial charge in [0.05, 0.1) is 4.92 Å². The minimum Gasteiger partial charge on any atom is -0.343 e. The van der Waals surface area contributed by atoms with E-state index in [9.17, 15) is 14.9 Å². The lowest BCUT2D eigenvalue weighted by Gasteiger charge is -2.06. The number of nitrogens with zero attached hydrogens (tertiary/aromatic N) is 6. The molecule has 10 heteroatoms. The Hall–Kier alpha value is -2.55. The van der Waals surface area contributed by atoms with Gasteiger partial charge in [-0.05, 0) is 17.7 Å². The fraction of sp³-hybridized carbons (Fsp3) is 0.200. The minimum atomic E-state index is -0.652. The first kappa shape index (κ1) is 13.9. The number of carbonyl (C=O) groups is 1. The smallest absolute Gasteiger partial charge is 0.331 e. The van der Waals surface area contributed by atoms with Gasteiger partial charge in [-0.1, -0.05) is 0 Å². The normalized spacial score (nSPS) is 10.3. The topological polar surface area (TPSA) is 107 Å². The summed E-state index contributed by atoms with van der Waals surface area (Å²) < 4.78 is 1.11. The third kappa shape index (κ3) is 2.57. The zero-order chi connectivity index (χ0) is 14.9. The minimum absolute atomic E-state index is 0.104. The van der Waals surface area contributed by atoms with Crippen LogP contribution in [0, 0.1) is 10.1 Å². The molecule has 0 saturated carbocycles. The van der Waals surface area contributed by atoms with E-state index < -0.39 is 4.92 Å². The zero-order valence-corrected chi connectivity index (χ0v) is 11.3. The maximum Gasteiger partial charge on any atom is 0.331 e. The van der Waals surface area contributed by atoms with Gasteiger partial charge in [-0.3, -0.25) is 14.9 Å². The van der Waals surface area contributed by atoms with Crippen LogP contribution in [0.25, 0.3) is 5.82 Å². The second-order valence-electron chi connectivity index (χ2n) is 3.95. The van der Waals surface area contributed by atoms with Gasteiger partial charge in [0.15, 0.2) is 5.69 Å². The van der Waals surface area contributed by atoms with Crippen LogP contribution in [0.15, 0.2) is 18.5 Å². The molecule has 0 aliphatic heterocycles. The molecular formula is C10H9ClN6O3. The molecule has 0 spiro atoms. The summed E-state index contributed by atoms with van der Waals surface area (Å²) in [6.45, 7) is 0. The van der Waals surface area contributed by atoms with Crippen LogP contribution in [0.4, 0.5) is 5.69 Å². The molecule has 0 saturated heterocycles. The highest BCUT2D eigenvalue weighted by molar-refractivity contribution is 6.28. The molecule has 2 heterocycles. The summed E-state index contributed by atoms with van der Waals surface area (Å²) in [7, 11) is 3.15. The molecule has 0 unspecified atom stereocenters. The van der Waals surface area contributed by atoms with Gasteiger partial charge in [-0.2, -0.15) is 10.1 Å². The van der Waals surface area contributed by atoms with Crippen molar-refractivity contribution in [2.45, 2.75) is 0 Å². The predicted molar refractivity (Wildman–Crippen MR) is 68.8 cm³/mol. The van der Waals surface area contributed by atoms with Crippen molar-refractivity contribution in [3.05, 3.63) is 39.6 Å². The lowest BCUT2D eigenvalue weighted by atomic mass is 10.4. The molecule has 0 aromatic carbocycles. The Morgan fingerprint density at radius 2 is 2.20 bits per heavy atom. The average Bonchev–Trinajstić information content (AvgIpc) is 2.86. The summed E-state index contributed by atoms with van der Waals surface area (Å²) in [6, 6.07) is 1.43. The van der Waals surface area contributed by atoms with Crippen molar-refractivity contribution in [1.82, 2.24) is 24.6 Å². The first-order chi connectivity index (χ1) is 9.40. The van der Waals surface area contributed by atoms with Crippen LogP contribution in [0.5, 0.6) is 0 Å². The average molecular weight is 297 g/mol. The van der Waals surface area contributed by atoms with E-state index in [0.29, 0.717) is 0 Å². The molecule has 0 N–H and O–H groups in total. The third-order valence-corrected chi connectivity index (χ3v) is 2.53. The largest absolute Gasteiger partial charge is 0.343 e. The molecule has 20 heavy (non-hydrogen) atoms. The fourth-order valence-electron chi connectivity index (χ4n) is 1.43. The van der Waals surface area contributed by atoms with Gasteiger partial charge in [-0.15, -0.1) is 0 Å². The Labute approximate surface area is 118 Å². The number of aromatic nitrogens is 4. The maximum atomic E-state index is 11.7. The SMILES string of the molecule is CN(C)C(=O)c1ccn(-c2nc(Cl)ncc2[N+](=O)[O-])n1. The zero-order valence-electron chi connectivity index (χ0n) is 10.5. The highest BCUT2D eigenvalue weighted by atomic mass is 35.5. The van der Waals surface area contributed by atoms with Crippen LogP contribution in [0.2, 0.25) is 5.28 Å². The molecular weight excluding hydrogens is 288 g/mol.